The lowest BCUT2D eigenvalue weighted by Gasteiger charge is -2.21. The Kier molecular flexibility index (Phi) is 15.6. The molecule has 54 heavy (non-hydrogen) atoms. The van der Waals surface area contributed by atoms with E-state index in [1.807, 2.05) is 113 Å². The monoisotopic (exact) mass is 712 g/mol. The van der Waals surface area contributed by atoms with E-state index < -0.39 is 11.9 Å². The molecule has 0 amide bonds. The summed E-state index contributed by atoms with van der Waals surface area (Å²) >= 11 is 0. The van der Waals surface area contributed by atoms with Gasteiger partial charge in [-0.2, -0.15) is 20.2 Å². The number of esters is 2. The van der Waals surface area contributed by atoms with Gasteiger partial charge in [0, 0.05) is 32.3 Å². The summed E-state index contributed by atoms with van der Waals surface area (Å²) in [6.45, 7) is 16.3. The van der Waals surface area contributed by atoms with Gasteiger partial charge in [-0.25, -0.2) is 0 Å². The number of benzene rings is 4. The van der Waals surface area contributed by atoms with Gasteiger partial charge in [0.2, 0.25) is 0 Å². The third kappa shape index (κ3) is 13.9. The molecule has 0 aromatic heterocycles. The first-order valence-electron chi connectivity index (χ1n) is 16.8. The minimum atomic E-state index is -0.575. The molecule has 0 radical (unpaired) electrons. The second-order valence-corrected chi connectivity index (χ2v) is 11.8. The quantitative estimate of drug-likeness (QED) is 0.0351. The van der Waals surface area contributed by atoms with Crippen LogP contribution in [0.4, 0.5) is 0 Å². The molecule has 0 saturated heterocycles. The number of nitriles is 2. The normalized spacial score (nSPS) is 10.2. The summed E-state index contributed by atoms with van der Waals surface area (Å²) in [6, 6.07) is 37.6. The van der Waals surface area contributed by atoms with E-state index in [0.29, 0.717) is 37.7 Å². The van der Waals surface area contributed by atoms with Crippen LogP contribution in [-0.4, -0.2) is 21.7 Å². The SMILES string of the molecule is [C-]#[N+]C(=C/C=C/N(Cc1ccccc1)Cc1cccc(OC(=O)CCC(=O)Oc2ccc(CN(/C=C/C=C(C#N)C#N)Cc3ccccc3)cc2)c1)[N+]#[C-]. The number of hydrogen-bond acceptors (Lipinski definition) is 8. The van der Waals surface area contributed by atoms with Crippen LogP contribution in [0.5, 0.6) is 11.5 Å². The molecule has 0 atom stereocenters. The lowest BCUT2D eigenvalue weighted by molar-refractivity contribution is -0.140. The number of nitrogens with zero attached hydrogens (tertiary/aromatic N) is 6. The third-order valence-corrected chi connectivity index (χ3v) is 7.62. The third-order valence-electron chi connectivity index (χ3n) is 7.62. The highest BCUT2D eigenvalue weighted by molar-refractivity contribution is 5.80. The Bertz CT molecular complexity index is 2130. The first-order chi connectivity index (χ1) is 26.4. The molecule has 0 heterocycles. The fraction of sp³-hybridized carbons (Fsp3) is 0.136. The molecule has 4 rings (SSSR count). The summed E-state index contributed by atoms with van der Waals surface area (Å²) in [6.07, 6.45) is 9.54. The van der Waals surface area contributed by atoms with Gasteiger partial charge < -0.3 is 19.3 Å². The first-order valence-corrected chi connectivity index (χ1v) is 16.8. The summed E-state index contributed by atoms with van der Waals surface area (Å²) in [5, 5.41) is 18.0. The van der Waals surface area contributed by atoms with Gasteiger partial charge in [0.05, 0.1) is 12.8 Å². The van der Waals surface area contributed by atoms with Crippen molar-refractivity contribution in [2.24, 2.45) is 0 Å². The summed E-state index contributed by atoms with van der Waals surface area (Å²) in [4.78, 5) is 35.7. The molecule has 4 aromatic rings. The van der Waals surface area contributed by atoms with Crippen LogP contribution in [0, 0.1) is 35.8 Å². The van der Waals surface area contributed by atoms with Gasteiger partial charge in [-0.05, 0) is 77.1 Å². The largest absolute Gasteiger partial charge is 0.519 e. The predicted molar refractivity (Wildman–Crippen MR) is 204 cm³/mol. The molecule has 10 heteroatoms. The average molecular weight is 713 g/mol. The number of carbonyl (C=O) groups is 2. The Morgan fingerprint density at radius 1 is 0.593 bits per heavy atom. The summed E-state index contributed by atoms with van der Waals surface area (Å²) in [5.74, 6) is -0.496. The Balaban J connectivity index is 1.30. The van der Waals surface area contributed by atoms with Crippen molar-refractivity contribution < 1.29 is 19.1 Å². The van der Waals surface area contributed by atoms with E-state index in [9.17, 15) is 9.59 Å². The highest BCUT2D eigenvalue weighted by Crippen LogP contribution is 2.19. The van der Waals surface area contributed by atoms with E-state index in [2.05, 4.69) is 9.69 Å². The molecule has 0 aliphatic carbocycles. The second-order valence-electron chi connectivity index (χ2n) is 11.8. The standard InChI is InChI=1S/C44H36N6O4/c1-47-42(48-2)19-11-27-50(32-36-14-7-4-8-15-36)34-38-16-9-18-41(28-38)54-44(52)25-24-43(51)53-40-22-20-37(21-23-40)33-49(26-10-17-39(29-45)30-46)31-35-12-5-3-6-13-35/h3-23,26-28H,24-25,31-34H2/b26-10+,27-11+. The number of allylic oxidation sites excluding steroid dienone is 5. The van der Waals surface area contributed by atoms with Crippen LogP contribution < -0.4 is 9.47 Å². The molecule has 4 aromatic carbocycles. The van der Waals surface area contributed by atoms with Crippen molar-refractivity contribution in [1.82, 2.24) is 9.80 Å². The number of rotatable bonds is 17. The van der Waals surface area contributed by atoms with Crippen LogP contribution in [-0.2, 0) is 35.8 Å². The molecule has 0 N–H and O–H groups in total. The molecule has 0 bridgehead atoms. The molecule has 0 aliphatic heterocycles. The van der Waals surface area contributed by atoms with Crippen molar-refractivity contribution in [2.45, 2.75) is 39.0 Å². The zero-order chi connectivity index (χ0) is 38.4. The lowest BCUT2D eigenvalue weighted by atomic mass is 10.1. The van der Waals surface area contributed by atoms with Gasteiger partial charge in [-0.1, -0.05) is 84.9 Å². The maximum Gasteiger partial charge on any atom is 0.519 e. The van der Waals surface area contributed by atoms with E-state index in [1.54, 1.807) is 42.5 Å². The molecular weight excluding hydrogens is 677 g/mol. The average Bonchev–Trinajstić information content (AvgIpc) is 3.19. The first kappa shape index (κ1) is 39.1. The van der Waals surface area contributed by atoms with Crippen LogP contribution in [0.25, 0.3) is 9.69 Å². The van der Waals surface area contributed by atoms with E-state index in [-0.39, 0.29) is 24.2 Å². The smallest absolute Gasteiger partial charge is 0.427 e. The lowest BCUT2D eigenvalue weighted by Crippen LogP contribution is -2.17. The number of hydrogen-bond donors (Lipinski definition) is 0. The molecular formula is C44H36N6O4. The van der Waals surface area contributed by atoms with E-state index >= 15 is 0 Å². The van der Waals surface area contributed by atoms with Crippen molar-refractivity contribution in [3.63, 3.8) is 0 Å². The fourth-order valence-corrected chi connectivity index (χ4v) is 5.08. The Labute approximate surface area is 315 Å². The zero-order valence-electron chi connectivity index (χ0n) is 29.4. The van der Waals surface area contributed by atoms with Crippen LogP contribution in [0.1, 0.15) is 35.1 Å². The number of ether oxygens (including phenoxy) is 2. The summed E-state index contributed by atoms with van der Waals surface area (Å²) in [7, 11) is 0. The van der Waals surface area contributed by atoms with Gasteiger partial charge in [0.25, 0.3) is 0 Å². The van der Waals surface area contributed by atoms with Crippen LogP contribution in [0.3, 0.4) is 0 Å². The van der Waals surface area contributed by atoms with Gasteiger partial charge in [0.15, 0.2) is 0 Å². The maximum atomic E-state index is 12.7. The highest BCUT2D eigenvalue weighted by Gasteiger charge is 2.13. The maximum absolute atomic E-state index is 12.7. The fourth-order valence-electron chi connectivity index (χ4n) is 5.08. The molecule has 0 aliphatic rings. The zero-order valence-corrected chi connectivity index (χ0v) is 29.4. The molecule has 0 spiro atoms. The van der Waals surface area contributed by atoms with Crippen molar-refractivity contribution in [1.29, 1.82) is 10.5 Å². The van der Waals surface area contributed by atoms with Gasteiger partial charge in [-0.15, -0.1) is 0 Å². The van der Waals surface area contributed by atoms with E-state index in [4.69, 9.17) is 33.1 Å². The van der Waals surface area contributed by atoms with Crippen molar-refractivity contribution in [3.8, 4) is 23.6 Å². The van der Waals surface area contributed by atoms with Crippen molar-refractivity contribution in [2.75, 3.05) is 0 Å². The van der Waals surface area contributed by atoms with Gasteiger partial charge in [0.1, 0.15) is 42.4 Å². The minimum Gasteiger partial charge on any atom is -0.427 e. The van der Waals surface area contributed by atoms with E-state index in [1.165, 1.54) is 12.2 Å². The molecule has 10 nitrogen and oxygen atoms in total. The molecule has 266 valence electrons. The number of carbonyl (C=O) groups excluding carboxylic acids is 2. The van der Waals surface area contributed by atoms with Crippen LogP contribution in [0.15, 0.2) is 157 Å². The van der Waals surface area contributed by atoms with Crippen LogP contribution >= 0.6 is 0 Å². The van der Waals surface area contributed by atoms with Gasteiger partial charge in [-0.3, -0.25) is 9.59 Å². The predicted octanol–water partition coefficient (Wildman–Crippen LogP) is 8.66. The molecule has 0 fully saturated rings. The Morgan fingerprint density at radius 3 is 1.57 bits per heavy atom. The van der Waals surface area contributed by atoms with Gasteiger partial charge >= 0.3 is 17.8 Å². The van der Waals surface area contributed by atoms with E-state index in [0.717, 1.165) is 22.3 Å². The molecule has 0 unspecified atom stereocenters. The second kappa shape index (κ2) is 21.5. The van der Waals surface area contributed by atoms with Crippen LogP contribution in [0.2, 0.25) is 0 Å². The summed E-state index contributed by atoms with van der Waals surface area (Å²) in [5.41, 5.74) is 3.97. The summed E-state index contributed by atoms with van der Waals surface area (Å²) < 4.78 is 11.0. The molecule has 0 saturated carbocycles. The highest BCUT2D eigenvalue weighted by atomic mass is 16.5. The minimum absolute atomic E-state index is 0.00675. The Morgan fingerprint density at radius 2 is 1.06 bits per heavy atom. The topological polar surface area (TPSA) is 115 Å². The van der Waals surface area contributed by atoms with Crippen molar-refractivity contribution in [3.05, 3.63) is 202 Å². The Hall–Kier alpha value is -7.66. The van der Waals surface area contributed by atoms with Crippen molar-refractivity contribution >= 4 is 11.9 Å².